The summed E-state index contributed by atoms with van der Waals surface area (Å²) in [4.78, 5) is 13.9. The summed E-state index contributed by atoms with van der Waals surface area (Å²) in [5, 5.41) is 1.36. The maximum atomic E-state index is 13.9. The molecule has 6 rings (SSSR count). The molecule has 0 saturated carbocycles. The van der Waals surface area contributed by atoms with E-state index in [-0.39, 0.29) is 30.1 Å². The highest BCUT2D eigenvalue weighted by atomic mass is 35.5. The number of carbonyl (C=O) groups is 1. The molecular weight excluding hydrogens is 657 g/mol. The second kappa shape index (κ2) is 12.1. The molecule has 0 saturated heterocycles. The molecule has 45 heavy (non-hydrogen) atoms. The Bertz CT molecular complexity index is 1880. The number of fused-ring (bicyclic) bond motifs is 2. The van der Waals surface area contributed by atoms with Crippen molar-refractivity contribution in [1.82, 2.24) is 4.72 Å². The van der Waals surface area contributed by atoms with E-state index in [2.05, 4.69) is 4.72 Å². The highest BCUT2D eigenvalue weighted by molar-refractivity contribution is 7.90. The second-order valence-corrected chi connectivity index (χ2v) is 15.0. The van der Waals surface area contributed by atoms with Gasteiger partial charge >= 0.3 is 0 Å². The normalized spacial score (nSPS) is 17.2. The predicted molar refractivity (Wildman–Crippen MR) is 174 cm³/mol. The quantitative estimate of drug-likeness (QED) is 0.212. The molecule has 2 atom stereocenters. The standard InChI is InChI=1S/C34H30Cl3NO6S/c1-34(2,3)20-7-10-22(11-8-20)45(40,41)38-33(39)25-14-19-13-21(42-17-26-27(35)5-4-6-28(26)36)9-12-23(19)32(25)24-15-30-31(16-29(24)37)44-18-43-30/h4-13,15-16,25,32H,14,17-18H2,1-3H3,(H,38,39). The highest BCUT2D eigenvalue weighted by Gasteiger charge is 2.41. The van der Waals surface area contributed by atoms with Crippen LogP contribution in [0.1, 0.15) is 54.5 Å². The van der Waals surface area contributed by atoms with Crippen LogP contribution in [0.5, 0.6) is 17.2 Å². The number of hydrogen-bond acceptors (Lipinski definition) is 6. The molecule has 1 heterocycles. The van der Waals surface area contributed by atoms with Crippen molar-refractivity contribution in [2.45, 2.75) is 50.0 Å². The number of sulfonamides is 1. The Morgan fingerprint density at radius 1 is 0.889 bits per heavy atom. The Labute approximate surface area is 277 Å². The third-order valence-corrected chi connectivity index (χ3v) is 10.6. The van der Waals surface area contributed by atoms with Crippen molar-refractivity contribution in [2.75, 3.05) is 6.79 Å². The van der Waals surface area contributed by atoms with E-state index >= 15 is 0 Å². The first-order chi connectivity index (χ1) is 21.3. The Morgan fingerprint density at radius 3 is 2.22 bits per heavy atom. The molecule has 0 fully saturated rings. The van der Waals surface area contributed by atoms with Crippen LogP contribution in [0.4, 0.5) is 0 Å². The summed E-state index contributed by atoms with van der Waals surface area (Å²) in [7, 11) is -4.15. The van der Waals surface area contributed by atoms with Gasteiger partial charge in [-0.25, -0.2) is 13.1 Å². The van der Waals surface area contributed by atoms with Crippen molar-refractivity contribution in [2.24, 2.45) is 5.92 Å². The maximum Gasteiger partial charge on any atom is 0.264 e. The SMILES string of the molecule is CC(C)(C)c1ccc(S(=O)(=O)NC(=O)C2Cc3cc(OCc4c(Cl)cccc4Cl)ccc3C2c2cc3c(cc2Cl)OCO3)cc1. The fourth-order valence-electron chi connectivity index (χ4n) is 5.75. The highest BCUT2D eigenvalue weighted by Crippen LogP contribution is 2.49. The van der Waals surface area contributed by atoms with E-state index < -0.39 is 27.8 Å². The van der Waals surface area contributed by atoms with Crippen molar-refractivity contribution < 1.29 is 27.4 Å². The van der Waals surface area contributed by atoms with E-state index in [9.17, 15) is 13.2 Å². The molecule has 0 radical (unpaired) electrons. The van der Waals surface area contributed by atoms with E-state index in [1.165, 1.54) is 12.1 Å². The summed E-state index contributed by atoms with van der Waals surface area (Å²) >= 11 is 19.4. The van der Waals surface area contributed by atoms with Crippen LogP contribution in [0.15, 0.2) is 77.7 Å². The number of nitrogens with one attached hydrogen (secondary N) is 1. The molecule has 0 bridgehead atoms. The molecule has 234 valence electrons. The Morgan fingerprint density at radius 2 is 1.56 bits per heavy atom. The number of hydrogen-bond donors (Lipinski definition) is 1. The average molecular weight is 687 g/mol. The fraction of sp³-hybridized carbons (Fsp3) is 0.265. The van der Waals surface area contributed by atoms with Crippen LogP contribution in [0.2, 0.25) is 15.1 Å². The maximum absolute atomic E-state index is 13.9. The van der Waals surface area contributed by atoms with Crippen LogP contribution in [0, 0.1) is 5.92 Å². The van der Waals surface area contributed by atoms with Crippen molar-refractivity contribution in [3.63, 3.8) is 0 Å². The lowest BCUT2D eigenvalue weighted by atomic mass is 9.85. The number of halogens is 3. The molecule has 0 aromatic heterocycles. The lowest BCUT2D eigenvalue weighted by molar-refractivity contribution is -0.123. The molecular formula is C34H30Cl3NO6S. The first kappa shape index (κ1) is 31.5. The van der Waals surface area contributed by atoms with Crippen LogP contribution in [-0.4, -0.2) is 21.1 Å². The minimum Gasteiger partial charge on any atom is -0.489 e. The summed E-state index contributed by atoms with van der Waals surface area (Å²) in [5.41, 5.74) is 3.76. The minimum absolute atomic E-state index is 0.00550. The zero-order valence-corrected chi connectivity index (χ0v) is 27.8. The van der Waals surface area contributed by atoms with Gasteiger partial charge in [-0.1, -0.05) is 79.8 Å². The van der Waals surface area contributed by atoms with E-state index in [1.54, 1.807) is 48.5 Å². The van der Waals surface area contributed by atoms with Gasteiger partial charge in [0.05, 0.1) is 10.8 Å². The van der Waals surface area contributed by atoms with Gasteiger partial charge in [-0.15, -0.1) is 0 Å². The van der Waals surface area contributed by atoms with Crippen LogP contribution in [0.25, 0.3) is 0 Å². The second-order valence-electron chi connectivity index (χ2n) is 12.1. The summed E-state index contributed by atoms with van der Waals surface area (Å²) in [6.07, 6.45) is 0.249. The van der Waals surface area contributed by atoms with Gasteiger partial charge in [0.1, 0.15) is 12.4 Å². The van der Waals surface area contributed by atoms with Crippen molar-refractivity contribution in [3.8, 4) is 17.2 Å². The van der Waals surface area contributed by atoms with E-state index in [1.807, 2.05) is 32.9 Å². The number of amides is 1. The molecule has 1 N–H and O–H groups in total. The molecule has 11 heteroatoms. The Kier molecular flexibility index (Phi) is 8.46. The Hall–Kier alpha value is -3.43. The average Bonchev–Trinajstić information content (AvgIpc) is 3.59. The lowest BCUT2D eigenvalue weighted by Crippen LogP contribution is -2.37. The lowest BCUT2D eigenvalue weighted by Gasteiger charge is -2.22. The zero-order valence-electron chi connectivity index (χ0n) is 24.7. The van der Waals surface area contributed by atoms with Gasteiger partial charge in [-0.05, 0) is 76.6 Å². The summed E-state index contributed by atoms with van der Waals surface area (Å²) < 4.78 is 46.2. The van der Waals surface area contributed by atoms with Crippen LogP contribution in [0.3, 0.4) is 0 Å². The molecule has 7 nitrogen and oxygen atoms in total. The molecule has 2 aliphatic rings. The molecule has 1 aliphatic heterocycles. The van der Waals surface area contributed by atoms with Gasteiger partial charge in [0.25, 0.3) is 10.0 Å². The van der Waals surface area contributed by atoms with Crippen LogP contribution >= 0.6 is 34.8 Å². The van der Waals surface area contributed by atoms with Crippen LogP contribution in [-0.2, 0) is 33.3 Å². The first-order valence-electron chi connectivity index (χ1n) is 14.3. The van der Waals surface area contributed by atoms with Crippen molar-refractivity contribution >= 4 is 50.7 Å². The van der Waals surface area contributed by atoms with Gasteiger partial charge in [-0.3, -0.25) is 4.79 Å². The molecule has 0 spiro atoms. The van der Waals surface area contributed by atoms with E-state index in [0.717, 1.165) is 16.7 Å². The van der Waals surface area contributed by atoms with Gasteiger partial charge < -0.3 is 14.2 Å². The minimum atomic E-state index is -4.15. The number of benzene rings is 4. The number of carbonyl (C=O) groups excluding carboxylic acids is 1. The van der Waals surface area contributed by atoms with Gasteiger partial charge in [0, 0.05) is 32.6 Å². The van der Waals surface area contributed by atoms with Crippen molar-refractivity contribution in [1.29, 1.82) is 0 Å². The molecule has 1 amide bonds. The van der Waals surface area contributed by atoms with Crippen molar-refractivity contribution in [3.05, 3.63) is 116 Å². The third kappa shape index (κ3) is 6.34. The Balaban J connectivity index is 1.32. The molecule has 2 unspecified atom stereocenters. The predicted octanol–water partition coefficient (Wildman–Crippen LogP) is 8.06. The third-order valence-electron chi connectivity index (χ3n) is 8.17. The monoisotopic (exact) mass is 685 g/mol. The first-order valence-corrected chi connectivity index (χ1v) is 16.9. The number of ether oxygens (including phenoxy) is 3. The largest absolute Gasteiger partial charge is 0.489 e. The van der Waals surface area contributed by atoms with Gasteiger partial charge in [0.2, 0.25) is 12.7 Å². The van der Waals surface area contributed by atoms with E-state index in [4.69, 9.17) is 49.0 Å². The fourth-order valence-corrected chi connectivity index (χ4v) is 7.56. The smallest absolute Gasteiger partial charge is 0.264 e. The molecule has 4 aromatic carbocycles. The molecule has 1 aliphatic carbocycles. The van der Waals surface area contributed by atoms with Gasteiger partial charge in [-0.2, -0.15) is 0 Å². The topological polar surface area (TPSA) is 90.9 Å². The van der Waals surface area contributed by atoms with E-state index in [0.29, 0.717) is 43.4 Å². The van der Waals surface area contributed by atoms with Gasteiger partial charge in [0.15, 0.2) is 11.5 Å². The zero-order chi connectivity index (χ0) is 32.1. The number of rotatable bonds is 7. The summed E-state index contributed by atoms with van der Waals surface area (Å²) in [6.45, 7) is 6.33. The van der Waals surface area contributed by atoms with Crippen LogP contribution < -0.4 is 18.9 Å². The molecule has 4 aromatic rings. The summed E-state index contributed by atoms with van der Waals surface area (Å²) in [6, 6.07) is 20.7. The summed E-state index contributed by atoms with van der Waals surface area (Å²) in [5.74, 6) is -0.443.